The third kappa shape index (κ3) is 5.60. The van der Waals surface area contributed by atoms with Crippen molar-refractivity contribution in [3.05, 3.63) is 63.5 Å². The van der Waals surface area contributed by atoms with E-state index in [0.717, 1.165) is 49.9 Å². The molecular weight excluding hydrogens is 480 g/mol. The van der Waals surface area contributed by atoms with Crippen molar-refractivity contribution in [2.75, 3.05) is 58.4 Å². The Bertz CT molecular complexity index is 1280. The maximum atomic E-state index is 13.1. The minimum absolute atomic E-state index is 0.165. The molecule has 1 aliphatic rings. The molecule has 1 aliphatic heterocycles. The Morgan fingerprint density at radius 2 is 1.72 bits per heavy atom. The van der Waals surface area contributed by atoms with Crippen LogP contribution < -0.4 is 25.2 Å². The smallest absolute Gasteiger partial charge is 0.258 e. The van der Waals surface area contributed by atoms with Crippen molar-refractivity contribution in [3.8, 4) is 11.5 Å². The number of nitrogens with one attached hydrogen (secondary N) is 1. The van der Waals surface area contributed by atoms with E-state index in [-0.39, 0.29) is 11.5 Å². The van der Waals surface area contributed by atoms with Crippen LogP contribution in [0, 0.1) is 0 Å². The maximum Gasteiger partial charge on any atom is 0.258 e. The van der Waals surface area contributed by atoms with Gasteiger partial charge in [-0.15, -0.1) is 0 Å². The highest BCUT2D eigenvalue weighted by Gasteiger charge is 2.19. The van der Waals surface area contributed by atoms with Gasteiger partial charge in [-0.05, 0) is 50.2 Å². The quantitative estimate of drug-likeness (QED) is 0.441. The molecule has 0 spiro atoms. The lowest BCUT2D eigenvalue weighted by Gasteiger charge is -2.36. The molecule has 1 amide bonds. The minimum atomic E-state index is -0.208. The van der Waals surface area contributed by atoms with E-state index in [1.165, 1.54) is 14.2 Å². The average molecular weight is 513 g/mol. The van der Waals surface area contributed by atoms with Crippen molar-refractivity contribution in [1.29, 1.82) is 0 Å². The summed E-state index contributed by atoms with van der Waals surface area (Å²) in [4.78, 5) is 30.8. The molecule has 1 aromatic heterocycles. The molecule has 0 bridgehead atoms. The Labute approximate surface area is 216 Å². The van der Waals surface area contributed by atoms with E-state index in [0.29, 0.717) is 40.9 Å². The van der Waals surface area contributed by atoms with Crippen molar-refractivity contribution >= 4 is 34.0 Å². The zero-order valence-electron chi connectivity index (χ0n) is 21.1. The number of rotatable bonds is 9. The Morgan fingerprint density at radius 3 is 2.36 bits per heavy atom. The number of methoxy groups -OCH3 is 2. The molecule has 2 aromatic carbocycles. The number of anilines is 1. The monoisotopic (exact) mass is 512 g/mol. The summed E-state index contributed by atoms with van der Waals surface area (Å²) in [6, 6.07) is 11.3. The summed E-state index contributed by atoms with van der Waals surface area (Å²) in [7, 11) is 3.06. The minimum Gasteiger partial charge on any atom is -0.493 e. The van der Waals surface area contributed by atoms with Gasteiger partial charge in [0, 0.05) is 61.6 Å². The number of aryl methyl sites for hydroxylation is 1. The molecule has 0 aliphatic carbocycles. The van der Waals surface area contributed by atoms with E-state index in [1.54, 1.807) is 22.9 Å². The normalized spacial score (nSPS) is 14.2. The SMILES string of the molecule is CCn1cc(C(=O)NCCCN2CCN(c3cccc(Cl)c3)CC2)c2cc(OC)c(OC)cc2c1=O. The van der Waals surface area contributed by atoms with Gasteiger partial charge in [0.15, 0.2) is 11.5 Å². The molecule has 8 nitrogen and oxygen atoms in total. The number of carbonyl (C=O) groups is 1. The van der Waals surface area contributed by atoms with Crippen LogP contribution in [-0.4, -0.2) is 68.9 Å². The van der Waals surface area contributed by atoms with Crippen LogP contribution in [0.5, 0.6) is 11.5 Å². The second kappa shape index (κ2) is 11.7. The molecule has 0 radical (unpaired) electrons. The lowest BCUT2D eigenvalue weighted by atomic mass is 10.1. The second-order valence-electron chi connectivity index (χ2n) is 8.80. The summed E-state index contributed by atoms with van der Waals surface area (Å²) in [5, 5.41) is 4.77. The Balaban J connectivity index is 1.36. The second-order valence-corrected chi connectivity index (χ2v) is 9.24. The van der Waals surface area contributed by atoms with Gasteiger partial charge in [-0.2, -0.15) is 0 Å². The van der Waals surface area contributed by atoms with E-state index in [2.05, 4.69) is 21.2 Å². The number of pyridine rings is 1. The summed E-state index contributed by atoms with van der Waals surface area (Å²) < 4.78 is 12.3. The first-order valence-electron chi connectivity index (χ1n) is 12.3. The number of nitrogens with zero attached hydrogens (tertiary/aromatic N) is 3. The standard InChI is InChI=1S/C27H33ClN4O4/c1-4-31-18-23(21-16-24(35-2)25(36-3)17-22(21)27(31)34)26(33)29-9-6-10-30-11-13-32(14-12-30)20-8-5-7-19(28)15-20/h5,7-8,15-18H,4,6,9-14H2,1-3H3,(H,29,33). The highest BCUT2D eigenvalue weighted by atomic mass is 35.5. The van der Waals surface area contributed by atoms with Gasteiger partial charge in [0.1, 0.15) is 0 Å². The van der Waals surface area contributed by atoms with Gasteiger partial charge in [-0.1, -0.05) is 17.7 Å². The lowest BCUT2D eigenvalue weighted by molar-refractivity contribution is 0.0952. The van der Waals surface area contributed by atoms with Crippen LogP contribution in [-0.2, 0) is 6.54 Å². The molecule has 0 atom stereocenters. The number of amides is 1. The fourth-order valence-corrected chi connectivity index (χ4v) is 4.82. The zero-order chi connectivity index (χ0) is 25.7. The number of hydrogen-bond acceptors (Lipinski definition) is 6. The fraction of sp³-hybridized carbons (Fsp3) is 0.407. The Hall–Kier alpha value is -3.23. The highest BCUT2D eigenvalue weighted by Crippen LogP contribution is 2.32. The molecule has 0 saturated carbocycles. The number of hydrogen-bond donors (Lipinski definition) is 1. The van der Waals surface area contributed by atoms with Crippen molar-refractivity contribution < 1.29 is 14.3 Å². The molecule has 3 aromatic rings. The van der Waals surface area contributed by atoms with Crippen LogP contribution >= 0.6 is 11.6 Å². The summed E-state index contributed by atoms with van der Waals surface area (Å²) in [6.45, 7) is 7.62. The van der Waals surface area contributed by atoms with Gasteiger partial charge < -0.3 is 24.3 Å². The summed E-state index contributed by atoms with van der Waals surface area (Å²) in [5.41, 5.74) is 1.44. The number of benzene rings is 2. The summed E-state index contributed by atoms with van der Waals surface area (Å²) >= 11 is 6.13. The van der Waals surface area contributed by atoms with Crippen molar-refractivity contribution in [1.82, 2.24) is 14.8 Å². The highest BCUT2D eigenvalue weighted by molar-refractivity contribution is 6.30. The van der Waals surface area contributed by atoms with Crippen molar-refractivity contribution in [2.45, 2.75) is 19.9 Å². The van der Waals surface area contributed by atoms with Gasteiger partial charge >= 0.3 is 0 Å². The largest absolute Gasteiger partial charge is 0.493 e. The lowest BCUT2D eigenvalue weighted by Crippen LogP contribution is -2.47. The van der Waals surface area contributed by atoms with Gasteiger partial charge in [0.2, 0.25) is 0 Å². The van der Waals surface area contributed by atoms with E-state index >= 15 is 0 Å². The molecule has 4 rings (SSSR count). The van der Waals surface area contributed by atoms with E-state index in [9.17, 15) is 9.59 Å². The first-order valence-corrected chi connectivity index (χ1v) is 12.6. The van der Waals surface area contributed by atoms with Gasteiger partial charge in [-0.3, -0.25) is 14.5 Å². The molecule has 1 N–H and O–H groups in total. The number of halogens is 1. The van der Waals surface area contributed by atoms with Gasteiger partial charge in [-0.25, -0.2) is 0 Å². The Kier molecular flexibility index (Phi) is 8.38. The molecule has 1 fully saturated rings. The van der Waals surface area contributed by atoms with Crippen LogP contribution in [0.3, 0.4) is 0 Å². The first-order chi connectivity index (χ1) is 17.4. The van der Waals surface area contributed by atoms with E-state index in [4.69, 9.17) is 21.1 Å². The average Bonchev–Trinajstić information content (AvgIpc) is 2.91. The first kappa shape index (κ1) is 25.9. The van der Waals surface area contributed by atoms with Crippen LogP contribution in [0.2, 0.25) is 5.02 Å². The van der Waals surface area contributed by atoms with Crippen molar-refractivity contribution in [3.63, 3.8) is 0 Å². The third-order valence-corrected chi connectivity index (χ3v) is 6.89. The maximum absolute atomic E-state index is 13.1. The number of fused-ring (bicyclic) bond motifs is 1. The molecule has 2 heterocycles. The Morgan fingerprint density at radius 1 is 1.03 bits per heavy atom. The number of ether oxygens (including phenoxy) is 2. The predicted octanol–water partition coefficient (Wildman–Crippen LogP) is 3.63. The van der Waals surface area contributed by atoms with Crippen LogP contribution in [0.25, 0.3) is 10.8 Å². The van der Waals surface area contributed by atoms with Gasteiger partial charge in [0.05, 0.1) is 25.2 Å². The van der Waals surface area contributed by atoms with Gasteiger partial charge in [0.25, 0.3) is 11.5 Å². The molecule has 192 valence electrons. The number of carbonyl (C=O) groups excluding carboxylic acids is 1. The predicted molar refractivity (Wildman–Crippen MR) is 144 cm³/mol. The van der Waals surface area contributed by atoms with Crippen molar-refractivity contribution in [2.24, 2.45) is 0 Å². The molecule has 36 heavy (non-hydrogen) atoms. The van der Waals surface area contributed by atoms with Crippen LogP contribution in [0.4, 0.5) is 5.69 Å². The van der Waals surface area contributed by atoms with E-state index < -0.39 is 0 Å². The number of piperazine rings is 1. The third-order valence-electron chi connectivity index (χ3n) is 6.66. The molecule has 9 heteroatoms. The molecule has 1 saturated heterocycles. The fourth-order valence-electron chi connectivity index (χ4n) is 4.64. The summed E-state index contributed by atoms with van der Waals surface area (Å²) in [6.07, 6.45) is 2.46. The number of aromatic nitrogens is 1. The van der Waals surface area contributed by atoms with Crippen LogP contribution in [0.1, 0.15) is 23.7 Å². The molecule has 0 unspecified atom stereocenters. The summed E-state index contributed by atoms with van der Waals surface area (Å²) in [5.74, 6) is 0.725. The molecular formula is C27H33ClN4O4. The zero-order valence-corrected chi connectivity index (χ0v) is 21.8. The topological polar surface area (TPSA) is 76.0 Å². The van der Waals surface area contributed by atoms with Crippen LogP contribution in [0.15, 0.2) is 47.4 Å². The van der Waals surface area contributed by atoms with E-state index in [1.807, 2.05) is 25.1 Å².